The van der Waals surface area contributed by atoms with Gasteiger partial charge in [0, 0.05) is 23.2 Å². The molecule has 2 aromatic rings. The molecule has 0 bridgehead atoms. The number of nitro groups is 1. The van der Waals surface area contributed by atoms with E-state index in [0.29, 0.717) is 17.0 Å². The van der Waals surface area contributed by atoms with Crippen molar-refractivity contribution in [3.63, 3.8) is 0 Å². The second-order valence-corrected chi connectivity index (χ2v) is 7.88. The summed E-state index contributed by atoms with van der Waals surface area (Å²) in [6, 6.07) is 8.85. The molecular formula is C16H15ClN2O4S. The van der Waals surface area contributed by atoms with Gasteiger partial charge in [-0.3, -0.25) is 10.1 Å². The van der Waals surface area contributed by atoms with Crippen molar-refractivity contribution in [1.29, 1.82) is 0 Å². The number of nitrogens with one attached hydrogen (secondary N) is 1. The molecule has 1 atom stereocenters. The van der Waals surface area contributed by atoms with Crippen molar-refractivity contribution in [2.24, 2.45) is 0 Å². The molecule has 2 aromatic carbocycles. The summed E-state index contributed by atoms with van der Waals surface area (Å²) in [7, 11) is -3.87. The number of aryl methyl sites for hydroxylation is 2. The van der Waals surface area contributed by atoms with Gasteiger partial charge >= 0.3 is 0 Å². The molecule has 0 amide bonds. The maximum Gasteiger partial charge on any atom is 0.270 e. The van der Waals surface area contributed by atoms with E-state index in [9.17, 15) is 18.5 Å². The van der Waals surface area contributed by atoms with Gasteiger partial charge in [0.25, 0.3) is 5.69 Å². The van der Waals surface area contributed by atoms with E-state index in [2.05, 4.69) is 4.72 Å². The van der Waals surface area contributed by atoms with Crippen LogP contribution in [0.5, 0.6) is 0 Å². The Hall–Kier alpha value is -1.96. The first-order valence-corrected chi connectivity index (χ1v) is 9.20. The topological polar surface area (TPSA) is 89.3 Å². The minimum Gasteiger partial charge on any atom is -0.258 e. The van der Waals surface area contributed by atoms with E-state index in [1.54, 1.807) is 13.0 Å². The van der Waals surface area contributed by atoms with Gasteiger partial charge in [-0.25, -0.2) is 13.1 Å². The first-order valence-electron chi connectivity index (χ1n) is 7.33. The van der Waals surface area contributed by atoms with Crippen molar-refractivity contribution < 1.29 is 13.3 Å². The molecule has 126 valence electrons. The number of nitrogens with zero attached hydrogens (tertiary/aromatic N) is 1. The highest BCUT2D eigenvalue weighted by molar-refractivity contribution is 7.89. The van der Waals surface area contributed by atoms with Gasteiger partial charge in [-0.2, -0.15) is 0 Å². The van der Waals surface area contributed by atoms with Gasteiger partial charge in [0.2, 0.25) is 10.0 Å². The summed E-state index contributed by atoms with van der Waals surface area (Å²) in [6.45, 7) is 1.61. The largest absolute Gasteiger partial charge is 0.270 e. The van der Waals surface area contributed by atoms with E-state index in [-0.39, 0.29) is 16.6 Å². The molecule has 0 heterocycles. The summed E-state index contributed by atoms with van der Waals surface area (Å²) in [6.07, 6.45) is 1.36. The number of nitro benzene ring substituents is 1. The fourth-order valence-corrected chi connectivity index (χ4v) is 4.66. The number of hydrogen-bond acceptors (Lipinski definition) is 4. The average Bonchev–Trinajstić information content (AvgIpc) is 2.88. The normalized spacial score (nSPS) is 16.8. The third kappa shape index (κ3) is 3.15. The van der Waals surface area contributed by atoms with Crippen molar-refractivity contribution in [3.8, 4) is 0 Å². The zero-order chi connectivity index (χ0) is 17.5. The summed E-state index contributed by atoms with van der Waals surface area (Å²) in [5.74, 6) is 0. The van der Waals surface area contributed by atoms with Crippen molar-refractivity contribution in [2.45, 2.75) is 30.7 Å². The minimum atomic E-state index is -3.87. The minimum absolute atomic E-state index is 0.0703. The van der Waals surface area contributed by atoms with Crippen molar-refractivity contribution in [3.05, 3.63) is 68.2 Å². The SMILES string of the molecule is Cc1ccc([N+](=O)[O-])cc1S(=O)(=O)NC1CCc2cc(Cl)ccc21. The Balaban J connectivity index is 1.94. The first-order chi connectivity index (χ1) is 11.3. The molecular weight excluding hydrogens is 352 g/mol. The predicted octanol–water partition coefficient (Wildman–Crippen LogP) is 3.52. The molecule has 0 saturated carbocycles. The van der Waals surface area contributed by atoms with E-state index in [1.165, 1.54) is 12.1 Å². The van der Waals surface area contributed by atoms with Crippen LogP contribution in [-0.2, 0) is 16.4 Å². The maximum absolute atomic E-state index is 12.7. The lowest BCUT2D eigenvalue weighted by Gasteiger charge is -2.15. The molecule has 24 heavy (non-hydrogen) atoms. The fourth-order valence-electron chi connectivity index (χ4n) is 2.95. The highest BCUT2D eigenvalue weighted by atomic mass is 35.5. The van der Waals surface area contributed by atoms with E-state index in [4.69, 9.17) is 11.6 Å². The highest BCUT2D eigenvalue weighted by Crippen LogP contribution is 2.34. The van der Waals surface area contributed by atoms with Gasteiger partial charge in [-0.1, -0.05) is 23.7 Å². The van der Waals surface area contributed by atoms with Crippen LogP contribution in [0.4, 0.5) is 5.69 Å². The number of fused-ring (bicyclic) bond motifs is 1. The molecule has 1 N–H and O–H groups in total. The van der Waals surface area contributed by atoms with Crippen LogP contribution in [0.1, 0.15) is 29.2 Å². The Labute approximate surface area is 144 Å². The van der Waals surface area contributed by atoms with E-state index in [1.807, 2.05) is 12.1 Å². The van der Waals surface area contributed by atoms with Gasteiger partial charge < -0.3 is 0 Å². The zero-order valence-electron chi connectivity index (χ0n) is 12.8. The van der Waals surface area contributed by atoms with Crippen LogP contribution in [0.15, 0.2) is 41.3 Å². The summed E-state index contributed by atoms with van der Waals surface area (Å²) in [5, 5.41) is 11.5. The monoisotopic (exact) mass is 366 g/mol. The lowest BCUT2D eigenvalue weighted by Crippen LogP contribution is -2.28. The molecule has 1 unspecified atom stereocenters. The van der Waals surface area contributed by atoms with Gasteiger partial charge in [-0.05, 0) is 48.6 Å². The molecule has 0 aliphatic heterocycles. The predicted molar refractivity (Wildman–Crippen MR) is 90.7 cm³/mol. The summed E-state index contributed by atoms with van der Waals surface area (Å²) >= 11 is 5.97. The van der Waals surface area contributed by atoms with Crippen molar-refractivity contribution in [1.82, 2.24) is 4.72 Å². The number of rotatable bonds is 4. The molecule has 0 saturated heterocycles. The van der Waals surface area contributed by atoms with Crippen LogP contribution in [0.3, 0.4) is 0 Å². The quantitative estimate of drug-likeness (QED) is 0.662. The Bertz CT molecular complexity index is 928. The fraction of sp³-hybridized carbons (Fsp3) is 0.250. The number of hydrogen-bond donors (Lipinski definition) is 1. The van der Waals surface area contributed by atoms with Crippen molar-refractivity contribution in [2.75, 3.05) is 0 Å². The van der Waals surface area contributed by atoms with Gasteiger partial charge in [0.1, 0.15) is 0 Å². The molecule has 0 spiro atoms. The van der Waals surface area contributed by atoms with Crippen LogP contribution in [-0.4, -0.2) is 13.3 Å². The molecule has 1 aliphatic rings. The van der Waals surface area contributed by atoms with Crippen LogP contribution < -0.4 is 4.72 Å². The smallest absolute Gasteiger partial charge is 0.258 e. The van der Waals surface area contributed by atoms with Gasteiger partial charge in [0.05, 0.1) is 9.82 Å². The van der Waals surface area contributed by atoms with Crippen LogP contribution >= 0.6 is 11.6 Å². The third-order valence-electron chi connectivity index (χ3n) is 4.15. The lowest BCUT2D eigenvalue weighted by atomic mass is 10.1. The van der Waals surface area contributed by atoms with Crippen LogP contribution in [0, 0.1) is 17.0 Å². The van der Waals surface area contributed by atoms with Crippen LogP contribution in [0.2, 0.25) is 5.02 Å². The van der Waals surface area contributed by atoms with Crippen molar-refractivity contribution >= 4 is 27.3 Å². The van der Waals surface area contributed by atoms with Gasteiger partial charge in [0.15, 0.2) is 0 Å². The van der Waals surface area contributed by atoms with E-state index in [0.717, 1.165) is 23.6 Å². The molecule has 0 radical (unpaired) electrons. The Morgan fingerprint density at radius 3 is 2.71 bits per heavy atom. The Morgan fingerprint density at radius 1 is 1.25 bits per heavy atom. The summed E-state index contributed by atoms with van der Waals surface area (Å²) in [5.41, 5.74) is 2.12. The Kier molecular flexibility index (Phi) is 4.33. The lowest BCUT2D eigenvalue weighted by molar-refractivity contribution is -0.385. The van der Waals surface area contributed by atoms with Gasteiger partial charge in [-0.15, -0.1) is 0 Å². The molecule has 3 rings (SSSR count). The molecule has 0 fully saturated rings. The summed E-state index contributed by atoms with van der Waals surface area (Å²) < 4.78 is 28.1. The maximum atomic E-state index is 12.7. The summed E-state index contributed by atoms with van der Waals surface area (Å²) in [4.78, 5) is 10.2. The molecule has 8 heteroatoms. The average molecular weight is 367 g/mol. The standard InChI is InChI=1S/C16H15ClN2O4S/c1-10-2-5-13(19(20)21)9-16(10)24(22,23)18-15-7-3-11-8-12(17)4-6-14(11)15/h2,4-6,8-9,15,18H,3,7H2,1H3. The highest BCUT2D eigenvalue weighted by Gasteiger charge is 2.29. The molecule has 1 aliphatic carbocycles. The molecule has 6 nitrogen and oxygen atoms in total. The number of sulfonamides is 1. The van der Waals surface area contributed by atoms with Crippen LogP contribution in [0.25, 0.3) is 0 Å². The second kappa shape index (κ2) is 6.16. The Morgan fingerprint density at radius 2 is 2.00 bits per heavy atom. The number of non-ortho nitro benzene ring substituents is 1. The number of benzene rings is 2. The second-order valence-electron chi connectivity index (χ2n) is 5.76. The third-order valence-corrected chi connectivity index (χ3v) is 6.00. The molecule has 0 aromatic heterocycles. The zero-order valence-corrected chi connectivity index (χ0v) is 14.4. The first kappa shape index (κ1) is 16.9. The van der Waals surface area contributed by atoms with E-state index < -0.39 is 14.9 Å². The number of halogens is 1. The van der Waals surface area contributed by atoms with E-state index >= 15 is 0 Å².